The molecule has 4 heteroatoms. The summed E-state index contributed by atoms with van der Waals surface area (Å²) < 4.78 is 9.88. The van der Waals surface area contributed by atoms with Gasteiger partial charge in [0.05, 0.1) is 32.8 Å². The number of aliphatic hydroxyl groups excluding tert-OH is 1. The summed E-state index contributed by atoms with van der Waals surface area (Å²) in [5.74, 6) is -0.404. The zero-order chi connectivity index (χ0) is 12.3. The Bertz CT molecular complexity index is 414. The molecule has 1 N–H and O–H groups in total. The van der Waals surface area contributed by atoms with E-state index < -0.39 is 12.1 Å². The van der Waals surface area contributed by atoms with Crippen LogP contribution in [0.4, 0.5) is 0 Å². The van der Waals surface area contributed by atoms with E-state index in [1.54, 1.807) is 0 Å². The number of benzene rings is 1. The number of fused-ring (bicyclic) bond motifs is 1. The second-order valence-corrected chi connectivity index (χ2v) is 4.13. The SMILES string of the molecule is COC(=O)C[C@H](O)c1ccc2c(c1)CCOC2. The Morgan fingerprint density at radius 3 is 3.12 bits per heavy atom. The van der Waals surface area contributed by atoms with Crippen molar-refractivity contribution < 1.29 is 19.4 Å². The topological polar surface area (TPSA) is 55.8 Å². The first-order valence-corrected chi connectivity index (χ1v) is 5.65. The third kappa shape index (κ3) is 2.84. The molecule has 0 saturated carbocycles. The fourth-order valence-corrected chi connectivity index (χ4v) is 1.95. The van der Waals surface area contributed by atoms with E-state index in [2.05, 4.69) is 4.74 Å². The van der Waals surface area contributed by atoms with E-state index in [-0.39, 0.29) is 6.42 Å². The summed E-state index contributed by atoms with van der Waals surface area (Å²) in [6.07, 6.45) is 0.0514. The van der Waals surface area contributed by atoms with Gasteiger partial charge in [-0.2, -0.15) is 0 Å². The van der Waals surface area contributed by atoms with Crippen molar-refractivity contribution in [2.45, 2.75) is 25.6 Å². The van der Waals surface area contributed by atoms with Gasteiger partial charge in [0.15, 0.2) is 0 Å². The van der Waals surface area contributed by atoms with Crippen LogP contribution in [0.1, 0.15) is 29.2 Å². The van der Waals surface area contributed by atoms with Gasteiger partial charge in [0.1, 0.15) is 0 Å². The highest BCUT2D eigenvalue weighted by Gasteiger charge is 2.16. The summed E-state index contributed by atoms with van der Waals surface area (Å²) in [4.78, 5) is 11.1. The van der Waals surface area contributed by atoms with Crippen molar-refractivity contribution in [1.82, 2.24) is 0 Å². The molecule has 0 unspecified atom stereocenters. The van der Waals surface area contributed by atoms with Crippen LogP contribution in [-0.4, -0.2) is 24.8 Å². The third-order valence-electron chi connectivity index (χ3n) is 2.98. The number of aliphatic hydroxyl groups is 1. The maximum Gasteiger partial charge on any atom is 0.308 e. The number of carbonyl (C=O) groups excluding carboxylic acids is 1. The van der Waals surface area contributed by atoms with E-state index in [1.165, 1.54) is 12.7 Å². The van der Waals surface area contributed by atoms with Crippen LogP contribution in [0.15, 0.2) is 18.2 Å². The van der Waals surface area contributed by atoms with Crippen LogP contribution in [0.3, 0.4) is 0 Å². The number of ether oxygens (including phenoxy) is 2. The van der Waals surface area contributed by atoms with E-state index in [0.29, 0.717) is 13.2 Å². The molecule has 0 aliphatic carbocycles. The van der Waals surface area contributed by atoms with Gasteiger partial charge in [-0.15, -0.1) is 0 Å². The molecule has 92 valence electrons. The van der Waals surface area contributed by atoms with Crippen molar-refractivity contribution in [2.75, 3.05) is 13.7 Å². The Morgan fingerprint density at radius 2 is 2.35 bits per heavy atom. The highest BCUT2D eigenvalue weighted by atomic mass is 16.5. The molecule has 1 aromatic rings. The van der Waals surface area contributed by atoms with Crippen LogP contribution in [0, 0.1) is 0 Å². The monoisotopic (exact) mass is 236 g/mol. The molecular formula is C13H16O4. The van der Waals surface area contributed by atoms with Crippen molar-refractivity contribution in [2.24, 2.45) is 0 Å². The number of hydrogen-bond acceptors (Lipinski definition) is 4. The van der Waals surface area contributed by atoms with Crippen LogP contribution in [0.2, 0.25) is 0 Å². The fraction of sp³-hybridized carbons (Fsp3) is 0.462. The largest absolute Gasteiger partial charge is 0.469 e. The van der Waals surface area contributed by atoms with Gasteiger partial charge >= 0.3 is 5.97 Å². The summed E-state index contributed by atoms with van der Waals surface area (Å²) in [5.41, 5.74) is 3.11. The highest BCUT2D eigenvalue weighted by Crippen LogP contribution is 2.23. The summed E-state index contributed by atoms with van der Waals surface area (Å²) in [6, 6.07) is 5.73. The minimum Gasteiger partial charge on any atom is -0.469 e. The molecule has 0 amide bonds. The van der Waals surface area contributed by atoms with E-state index in [9.17, 15) is 9.90 Å². The van der Waals surface area contributed by atoms with Gasteiger partial charge in [0.2, 0.25) is 0 Å². The number of rotatable bonds is 3. The Labute approximate surface area is 100 Å². The Kier molecular flexibility index (Phi) is 3.76. The predicted molar refractivity (Wildman–Crippen MR) is 61.4 cm³/mol. The number of hydrogen-bond donors (Lipinski definition) is 1. The van der Waals surface area contributed by atoms with Gasteiger partial charge in [0.25, 0.3) is 0 Å². The molecule has 2 rings (SSSR count). The van der Waals surface area contributed by atoms with Crippen molar-refractivity contribution in [3.8, 4) is 0 Å². The van der Waals surface area contributed by atoms with Gasteiger partial charge in [0, 0.05) is 0 Å². The zero-order valence-electron chi connectivity index (χ0n) is 9.81. The first-order chi connectivity index (χ1) is 8.20. The minimum atomic E-state index is -0.796. The van der Waals surface area contributed by atoms with Gasteiger partial charge in [-0.05, 0) is 23.1 Å². The number of methoxy groups -OCH3 is 1. The maximum absolute atomic E-state index is 11.1. The summed E-state index contributed by atoms with van der Waals surface area (Å²) in [6.45, 7) is 1.34. The normalized spacial score (nSPS) is 16.1. The van der Waals surface area contributed by atoms with Crippen molar-refractivity contribution in [1.29, 1.82) is 0 Å². The molecule has 17 heavy (non-hydrogen) atoms. The number of carbonyl (C=O) groups is 1. The average Bonchev–Trinajstić information content (AvgIpc) is 2.38. The smallest absolute Gasteiger partial charge is 0.308 e. The Hall–Kier alpha value is -1.39. The van der Waals surface area contributed by atoms with E-state index in [1.807, 2.05) is 18.2 Å². The molecular weight excluding hydrogens is 220 g/mol. The Morgan fingerprint density at radius 1 is 1.53 bits per heavy atom. The van der Waals surface area contributed by atoms with Gasteiger partial charge in [-0.1, -0.05) is 18.2 Å². The fourth-order valence-electron chi connectivity index (χ4n) is 1.95. The first-order valence-electron chi connectivity index (χ1n) is 5.65. The Balaban J connectivity index is 2.13. The van der Waals surface area contributed by atoms with Crippen molar-refractivity contribution >= 4 is 5.97 Å². The lowest BCUT2D eigenvalue weighted by atomic mass is 9.97. The lowest BCUT2D eigenvalue weighted by Gasteiger charge is -2.18. The molecule has 1 atom stereocenters. The van der Waals surface area contributed by atoms with Gasteiger partial charge in [-0.3, -0.25) is 4.79 Å². The number of esters is 1. The van der Waals surface area contributed by atoms with Crippen LogP contribution < -0.4 is 0 Å². The lowest BCUT2D eigenvalue weighted by molar-refractivity contribution is -0.142. The second-order valence-electron chi connectivity index (χ2n) is 4.13. The van der Waals surface area contributed by atoms with E-state index in [4.69, 9.17) is 4.74 Å². The second kappa shape index (κ2) is 5.29. The summed E-state index contributed by atoms with van der Waals surface area (Å²) >= 11 is 0. The zero-order valence-corrected chi connectivity index (χ0v) is 9.81. The molecule has 0 saturated heterocycles. The molecule has 0 aromatic heterocycles. The lowest BCUT2D eigenvalue weighted by Crippen LogP contribution is -2.12. The summed E-state index contributed by atoms with van der Waals surface area (Å²) in [7, 11) is 1.32. The molecule has 0 radical (unpaired) electrons. The molecule has 1 heterocycles. The molecule has 0 bridgehead atoms. The molecule has 1 aliphatic rings. The first kappa shape index (κ1) is 12.1. The van der Waals surface area contributed by atoms with Crippen LogP contribution >= 0.6 is 0 Å². The predicted octanol–water partition coefficient (Wildman–Crippen LogP) is 1.36. The standard InChI is InChI=1S/C13H16O4/c1-16-13(15)7-12(14)10-2-3-11-8-17-5-4-9(11)6-10/h2-3,6,12,14H,4-5,7-8H2,1H3/t12-/m0/s1. The maximum atomic E-state index is 11.1. The molecule has 0 spiro atoms. The van der Waals surface area contributed by atoms with Gasteiger partial charge in [-0.25, -0.2) is 0 Å². The minimum absolute atomic E-state index is 0.00815. The van der Waals surface area contributed by atoms with E-state index in [0.717, 1.165) is 17.5 Å². The van der Waals surface area contributed by atoms with Crippen molar-refractivity contribution in [3.63, 3.8) is 0 Å². The van der Waals surface area contributed by atoms with Crippen LogP contribution in [0.5, 0.6) is 0 Å². The quantitative estimate of drug-likeness (QED) is 0.805. The van der Waals surface area contributed by atoms with Crippen molar-refractivity contribution in [3.05, 3.63) is 34.9 Å². The molecule has 1 aromatic carbocycles. The van der Waals surface area contributed by atoms with E-state index >= 15 is 0 Å². The van der Waals surface area contributed by atoms with Crippen LogP contribution in [-0.2, 0) is 27.3 Å². The highest BCUT2D eigenvalue weighted by molar-refractivity contribution is 5.70. The summed E-state index contributed by atoms with van der Waals surface area (Å²) in [5, 5.41) is 9.89. The molecule has 0 fully saturated rings. The van der Waals surface area contributed by atoms with Gasteiger partial charge < -0.3 is 14.6 Å². The average molecular weight is 236 g/mol. The van der Waals surface area contributed by atoms with Crippen LogP contribution in [0.25, 0.3) is 0 Å². The third-order valence-corrected chi connectivity index (χ3v) is 2.98. The molecule has 1 aliphatic heterocycles. The molecule has 4 nitrogen and oxygen atoms in total.